The van der Waals surface area contributed by atoms with E-state index in [1.165, 1.54) is 18.2 Å². The number of halogens is 2. The molecule has 0 unspecified atom stereocenters. The summed E-state index contributed by atoms with van der Waals surface area (Å²) in [6.45, 7) is 3.56. The summed E-state index contributed by atoms with van der Waals surface area (Å²) in [5.74, 6) is -3.11. The maximum atomic E-state index is 13.7. The summed E-state index contributed by atoms with van der Waals surface area (Å²) in [5, 5.41) is 13.9. The van der Waals surface area contributed by atoms with Gasteiger partial charge in [-0.05, 0) is 38.1 Å². The lowest BCUT2D eigenvalue weighted by molar-refractivity contribution is -0.384. The Labute approximate surface area is 131 Å². The van der Waals surface area contributed by atoms with E-state index < -0.39 is 27.9 Å². The molecule has 0 aromatic heterocycles. The first-order chi connectivity index (χ1) is 10.8. The van der Waals surface area contributed by atoms with E-state index in [1.54, 1.807) is 13.8 Å². The lowest BCUT2D eigenvalue weighted by Crippen LogP contribution is -2.13. The van der Waals surface area contributed by atoms with Gasteiger partial charge in [-0.2, -0.15) is 0 Å². The summed E-state index contributed by atoms with van der Waals surface area (Å²) >= 11 is 0. The van der Waals surface area contributed by atoms with Gasteiger partial charge in [-0.3, -0.25) is 14.9 Å². The molecule has 0 saturated carbocycles. The van der Waals surface area contributed by atoms with Gasteiger partial charge in [0.2, 0.25) is 0 Å². The fraction of sp³-hybridized carbons (Fsp3) is 0.188. The molecule has 23 heavy (non-hydrogen) atoms. The standard InChI is InChI=1S/C16H14F2N2O3/c1-9(2)19-13-8-10(6-7-14(13)20(22)23)16(21)11-4-3-5-12(17)15(11)18/h3-9,19H,1-2H3. The topological polar surface area (TPSA) is 72.2 Å². The van der Waals surface area contributed by atoms with Crippen LogP contribution < -0.4 is 5.32 Å². The molecule has 0 bridgehead atoms. The Morgan fingerprint density at radius 3 is 2.52 bits per heavy atom. The largest absolute Gasteiger partial charge is 0.377 e. The van der Waals surface area contributed by atoms with Gasteiger partial charge in [-0.15, -0.1) is 0 Å². The van der Waals surface area contributed by atoms with Gasteiger partial charge in [0.15, 0.2) is 17.4 Å². The Morgan fingerprint density at radius 1 is 1.22 bits per heavy atom. The Morgan fingerprint density at radius 2 is 1.91 bits per heavy atom. The summed E-state index contributed by atoms with van der Waals surface area (Å²) in [7, 11) is 0. The van der Waals surface area contributed by atoms with E-state index in [1.807, 2.05) is 0 Å². The minimum atomic E-state index is -1.24. The van der Waals surface area contributed by atoms with E-state index in [9.17, 15) is 23.7 Å². The monoisotopic (exact) mass is 320 g/mol. The van der Waals surface area contributed by atoms with Gasteiger partial charge in [0.25, 0.3) is 5.69 Å². The molecular weight excluding hydrogens is 306 g/mol. The van der Waals surface area contributed by atoms with Crippen LogP contribution in [0.1, 0.15) is 29.8 Å². The molecule has 1 N–H and O–H groups in total. The summed E-state index contributed by atoms with van der Waals surface area (Å²) in [6, 6.07) is 6.84. The van der Waals surface area contributed by atoms with Crippen molar-refractivity contribution in [2.45, 2.75) is 19.9 Å². The highest BCUT2D eigenvalue weighted by Gasteiger charge is 2.21. The van der Waals surface area contributed by atoms with Gasteiger partial charge in [0, 0.05) is 17.7 Å². The first kappa shape index (κ1) is 16.5. The number of hydrogen-bond acceptors (Lipinski definition) is 4. The highest BCUT2D eigenvalue weighted by atomic mass is 19.2. The van der Waals surface area contributed by atoms with Crippen molar-refractivity contribution < 1.29 is 18.5 Å². The van der Waals surface area contributed by atoms with Crippen molar-refractivity contribution in [3.63, 3.8) is 0 Å². The molecule has 0 aliphatic heterocycles. The summed E-state index contributed by atoms with van der Waals surface area (Å²) in [4.78, 5) is 22.8. The van der Waals surface area contributed by atoms with E-state index in [0.717, 1.165) is 18.2 Å². The smallest absolute Gasteiger partial charge is 0.292 e. The maximum absolute atomic E-state index is 13.7. The van der Waals surface area contributed by atoms with Crippen LogP contribution in [0.25, 0.3) is 0 Å². The predicted octanol–water partition coefficient (Wildman–Crippen LogP) is 3.92. The summed E-state index contributed by atoms with van der Waals surface area (Å²) < 4.78 is 27.0. The van der Waals surface area contributed by atoms with Crippen LogP contribution in [0.2, 0.25) is 0 Å². The third-order valence-corrected chi connectivity index (χ3v) is 3.10. The number of carbonyl (C=O) groups excluding carboxylic acids is 1. The minimum absolute atomic E-state index is 0.0308. The number of nitro benzene ring substituents is 1. The maximum Gasteiger partial charge on any atom is 0.292 e. The fourth-order valence-electron chi connectivity index (χ4n) is 2.10. The molecule has 0 spiro atoms. The van der Waals surface area contributed by atoms with E-state index in [-0.39, 0.29) is 23.0 Å². The number of anilines is 1. The normalized spacial score (nSPS) is 10.7. The molecule has 2 aromatic rings. The van der Waals surface area contributed by atoms with Crippen molar-refractivity contribution in [3.05, 3.63) is 69.3 Å². The Kier molecular flexibility index (Phi) is 4.68. The Bertz CT molecular complexity index is 776. The van der Waals surface area contributed by atoms with Gasteiger partial charge in [-0.1, -0.05) is 6.07 Å². The van der Waals surface area contributed by atoms with E-state index >= 15 is 0 Å². The Balaban J connectivity index is 2.49. The number of carbonyl (C=O) groups is 1. The Hall–Kier alpha value is -2.83. The van der Waals surface area contributed by atoms with E-state index in [0.29, 0.717) is 0 Å². The molecule has 0 heterocycles. The van der Waals surface area contributed by atoms with Crippen LogP contribution in [0, 0.1) is 21.7 Å². The van der Waals surface area contributed by atoms with Gasteiger partial charge in [0.1, 0.15) is 5.69 Å². The van der Waals surface area contributed by atoms with Crippen molar-refractivity contribution in [3.8, 4) is 0 Å². The molecule has 0 aliphatic carbocycles. The average Bonchev–Trinajstić information content (AvgIpc) is 2.48. The lowest BCUT2D eigenvalue weighted by Gasteiger charge is -2.12. The van der Waals surface area contributed by atoms with Crippen molar-refractivity contribution in [1.82, 2.24) is 0 Å². The predicted molar refractivity (Wildman–Crippen MR) is 81.6 cm³/mol. The van der Waals surface area contributed by atoms with Crippen LogP contribution in [0.5, 0.6) is 0 Å². The van der Waals surface area contributed by atoms with E-state index in [2.05, 4.69) is 5.32 Å². The second-order valence-electron chi connectivity index (χ2n) is 5.22. The molecule has 0 atom stereocenters. The number of nitrogens with zero attached hydrogens (tertiary/aromatic N) is 1. The first-order valence-corrected chi connectivity index (χ1v) is 6.85. The molecule has 0 aliphatic rings. The number of ketones is 1. The van der Waals surface area contributed by atoms with Crippen LogP contribution >= 0.6 is 0 Å². The second kappa shape index (κ2) is 6.51. The molecule has 5 nitrogen and oxygen atoms in total. The van der Waals surface area contributed by atoms with Crippen molar-refractivity contribution in [1.29, 1.82) is 0 Å². The van der Waals surface area contributed by atoms with Crippen LogP contribution in [-0.2, 0) is 0 Å². The van der Waals surface area contributed by atoms with Crippen LogP contribution in [0.3, 0.4) is 0 Å². The summed E-state index contributed by atoms with van der Waals surface area (Å²) in [5.41, 5.74) is -0.444. The molecule has 0 saturated heterocycles. The highest BCUT2D eigenvalue weighted by Crippen LogP contribution is 2.27. The number of rotatable bonds is 5. The van der Waals surface area contributed by atoms with Gasteiger partial charge in [0.05, 0.1) is 10.5 Å². The zero-order chi connectivity index (χ0) is 17.1. The van der Waals surface area contributed by atoms with Crippen molar-refractivity contribution in [2.75, 3.05) is 5.32 Å². The zero-order valence-electron chi connectivity index (χ0n) is 12.5. The van der Waals surface area contributed by atoms with Gasteiger partial charge >= 0.3 is 0 Å². The highest BCUT2D eigenvalue weighted by molar-refractivity contribution is 6.09. The molecule has 7 heteroatoms. The molecule has 120 valence electrons. The first-order valence-electron chi connectivity index (χ1n) is 6.85. The average molecular weight is 320 g/mol. The second-order valence-corrected chi connectivity index (χ2v) is 5.22. The molecule has 0 amide bonds. The third kappa shape index (κ3) is 3.50. The quantitative estimate of drug-likeness (QED) is 0.515. The molecule has 2 aromatic carbocycles. The van der Waals surface area contributed by atoms with Crippen LogP contribution in [0.15, 0.2) is 36.4 Å². The zero-order valence-corrected chi connectivity index (χ0v) is 12.5. The van der Waals surface area contributed by atoms with Crippen LogP contribution in [0.4, 0.5) is 20.2 Å². The van der Waals surface area contributed by atoms with Crippen LogP contribution in [-0.4, -0.2) is 16.7 Å². The minimum Gasteiger partial charge on any atom is -0.377 e. The van der Waals surface area contributed by atoms with Gasteiger partial charge < -0.3 is 5.32 Å². The number of hydrogen-bond donors (Lipinski definition) is 1. The summed E-state index contributed by atoms with van der Waals surface area (Å²) in [6.07, 6.45) is 0. The molecule has 0 fully saturated rings. The molecule has 0 radical (unpaired) electrons. The number of nitrogens with one attached hydrogen (secondary N) is 1. The SMILES string of the molecule is CC(C)Nc1cc(C(=O)c2cccc(F)c2F)ccc1[N+](=O)[O-]. The number of nitro groups is 1. The van der Waals surface area contributed by atoms with Crippen molar-refractivity contribution >= 4 is 17.2 Å². The number of benzene rings is 2. The molecule has 2 rings (SSSR count). The van der Waals surface area contributed by atoms with E-state index in [4.69, 9.17) is 0 Å². The third-order valence-electron chi connectivity index (χ3n) is 3.10. The van der Waals surface area contributed by atoms with Crippen molar-refractivity contribution in [2.24, 2.45) is 0 Å². The van der Waals surface area contributed by atoms with Gasteiger partial charge in [-0.25, -0.2) is 8.78 Å². The fourth-order valence-corrected chi connectivity index (χ4v) is 2.10. The molecular formula is C16H14F2N2O3. The lowest BCUT2D eigenvalue weighted by atomic mass is 10.0.